The molecule has 0 aromatic heterocycles. The number of phenols is 1. The summed E-state index contributed by atoms with van der Waals surface area (Å²) in [4.78, 5) is 14.5. The highest BCUT2D eigenvalue weighted by atomic mass is 35.5. The van der Waals surface area contributed by atoms with Gasteiger partial charge in [-0.1, -0.05) is 41.4 Å². The molecular weight excluding hydrogens is 375 g/mol. The molecule has 1 fully saturated rings. The van der Waals surface area contributed by atoms with Gasteiger partial charge in [0.2, 0.25) is 0 Å². The molecule has 5 nitrogen and oxygen atoms in total. The molecule has 2 N–H and O–H groups in total. The first-order valence-corrected chi connectivity index (χ1v) is 9.18. The Hall–Kier alpha value is -1.95. The lowest BCUT2D eigenvalue weighted by atomic mass is 10.1. The second-order valence-corrected chi connectivity index (χ2v) is 7.04. The minimum absolute atomic E-state index is 0.0126. The van der Waals surface area contributed by atoms with Gasteiger partial charge in [-0.25, -0.2) is 4.79 Å². The smallest absolute Gasteiger partial charge is 0.322 e. The van der Waals surface area contributed by atoms with Crippen molar-refractivity contribution >= 4 is 34.9 Å². The lowest BCUT2D eigenvalue weighted by Crippen LogP contribution is -2.39. The molecule has 3 rings (SSSR count). The number of nitrogens with one attached hydrogen (secondary N) is 1. The standard InChI is InChI=1S/C19H20Cl2N2O3/c20-14-7-8-16(21)17(10-14)22-19(25)23(12-15-5-3-9-26-15)11-13-4-1-2-6-18(13)24/h1-2,4,6-8,10,15,24H,3,5,9,11-12H2,(H,22,25). The van der Waals surface area contributed by atoms with Crippen LogP contribution in [0.3, 0.4) is 0 Å². The monoisotopic (exact) mass is 394 g/mol. The lowest BCUT2D eigenvalue weighted by Gasteiger charge is -2.26. The van der Waals surface area contributed by atoms with Gasteiger partial charge in [-0.2, -0.15) is 0 Å². The van der Waals surface area contributed by atoms with Crippen LogP contribution in [0.5, 0.6) is 5.75 Å². The summed E-state index contributed by atoms with van der Waals surface area (Å²) in [6, 6.07) is 11.5. The van der Waals surface area contributed by atoms with E-state index < -0.39 is 0 Å². The van der Waals surface area contributed by atoms with Gasteiger partial charge in [0, 0.05) is 23.7 Å². The van der Waals surface area contributed by atoms with Gasteiger partial charge in [-0.3, -0.25) is 0 Å². The van der Waals surface area contributed by atoms with Crippen molar-refractivity contribution in [2.45, 2.75) is 25.5 Å². The number of nitrogens with zero attached hydrogens (tertiary/aromatic N) is 1. The summed E-state index contributed by atoms with van der Waals surface area (Å²) in [6.45, 7) is 1.39. The zero-order chi connectivity index (χ0) is 18.5. The summed E-state index contributed by atoms with van der Waals surface area (Å²) in [5, 5.41) is 13.7. The number of anilines is 1. The van der Waals surface area contributed by atoms with Crippen LogP contribution in [0, 0.1) is 0 Å². The number of ether oxygens (including phenoxy) is 1. The Morgan fingerprint density at radius 2 is 2.08 bits per heavy atom. The SMILES string of the molecule is O=C(Nc1cc(Cl)ccc1Cl)N(Cc1ccccc1O)CC1CCCO1. The minimum Gasteiger partial charge on any atom is -0.508 e. The van der Waals surface area contributed by atoms with E-state index in [1.807, 2.05) is 6.07 Å². The van der Waals surface area contributed by atoms with Gasteiger partial charge in [0.1, 0.15) is 5.75 Å². The average Bonchev–Trinajstić information content (AvgIpc) is 3.12. The van der Waals surface area contributed by atoms with Gasteiger partial charge >= 0.3 is 6.03 Å². The fraction of sp³-hybridized carbons (Fsp3) is 0.316. The number of benzene rings is 2. The Labute approximate surface area is 162 Å². The highest BCUT2D eigenvalue weighted by Crippen LogP contribution is 2.27. The number of hydrogen-bond acceptors (Lipinski definition) is 3. The van der Waals surface area contributed by atoms with Gasteiger partial charge in [-0.05, 0) is 37.1 Å². The van der Waals surface area contributed by atoms with E-state index in [0.29, 0.717) is 34.4 Å². The van der Waals surface area contributed by atoms with Crippen molar-refractivity contribution in [3.8, 4) is 5.75 Å². The molecule has 7 heteroatoms. The summed E-state index contributed by atoms with van der Waals surface area (Å²) in [6.07, 6.45) is 1.88. The number of para-hydroxylation sites is 1. The van der Waals surface area contributed by atoms with E-state index in [1.165, 1.54) is 0 Å². The molecule has 0 aliphatic carbocycles. The average molecular weight is 395 g/mol. The first-order chi connectivity index (χ1) is 12.5. The summed E-state index contributed by atoms with van der Waals surface area (Å²) in [5.74, 6) is 0.151. The molecule has 1 saturated heterocycles. The first-order valence-electron chi connectivity index (χ1n) is 8.42. The van der Waals surface area contributed by atoms with Crippen LogP contribution >= 0.6 is 23.2 Å². The number of hydrogen-bond donors (Lipinski definition) is 2. The molecule has 0 saturated carbocycles. The number of carbonyl (C=O) groups excluding carboxylic acids is 1. The van der Waals surface area contributed by atoms with Crippen LogP contribution in [0.2, 0.25) is 10.0 Å². The predicted octanol–water partition coefficient (Wildman–Crippen LogP) is 4.91. The van der Waals surface area contributed by atoms with E-state index in [-0.39, 0.29) is 24.4 Å². The summed E-state index contributed by atoms with van der Waals surface area (Å²) in [7, 11) is 0. The zero-order valence-electron chi connectivity index (χ0n) is 14.1. The van der Waals surface area contributed by atoms with Crippen molar-refractivity contribution in [1.82, 2.24) is 4.90 Å². The van der Waals surface area contributed by atoms with Crippen molar-refractivity contribution in [1.29, 1.82) is 0 Å². The van der Waals surface area contributed by atoms with Gasteiger partial charge in [-0.15, -0.1) is 0 Å². The van der Waals surface area contributed by atoms with Gasteiger partial charge < -0.3 is 20.1 Å². The number of halogens is 2. The Kier molecular flexibility index (Phi) is 6.25. The second-order valence-electron chi connectivity index (χ2n) is 6.20. The maximum atomic E-state index is 12.9. The molecule has 2 amide bonds. The molecule has 138 valence electrons. The molecule has 26 heavy (non-hydrogen) atoms. The van der Waals surface area contributed by atoms with Crippen LogP contribution in [0.1, 0.15) is 18.4 Å². The predicted molar refractivity (Wildman–Crippen MR) is 103 cm³/mol. The molecule has 2 aromatic carbocycles. The van der Waals surface area contributed by atoms with Crippen LogP contribution in [0.15, 0.2) is 42.5 Å². The van der Waals surface area contributed by atoms with Crippen molar-refractivity contribution in [2.24, 2.45) is 0 Å². The van der Waals surface area contributed by atoms with E-state index in [1.54, 1.807) is 41.3 Å². The molecule has 1 aliphatic heterocycles. The number of phenolic OH excluding ortho intramolecular Hbond substituents is 1. The van der Waals surface area contributed by atoms with Gasteiger partial charge in [0.05, 0.1) is 23.4 Å². The maximum absolute atomic E-state index is 12.9. The molecule has 0 spiro atoms. The van der Waals surface area contributed by atoms with Crippen LogP contribution in [0.25, 0.3) is 0 Å². The Bertz CT molecular complexity index is 779. The topological polar surface area (TPSA) is 61.8 Å². The van der Waals surface area contributed by atoms with Crippen LogP contribution in [0.4, 0.5) is 10.5 Å². The summed E-state index contributed by atoms with van der Waals surface area (Å²) >= 11 is 12.1. The molecular formula is C19H20Cl2N2O3. The van der Waals surface area contributed by atoms with Crippen molar-refractivity contribution in [2.75, 3.05) is 18.5 Å². The molecule has 1 heterocycles. The molecule has 0 bridgehead atoms. The normalized spacial score (nSPS) is 16.5. The number of carbonyl (C=O) groups is 1. The second kappa shape index (κ2) is 8.62. The molecule has 1 aliphatic rings. The highest BCUT2D eigenvalue weighted by Gasteiger charge is 2.24. The third-order valence-electron chi connectivity index (χ3n) is 4.26. The summed E-state index contributed by atoms with van der Waals surface area (Å²) in [5.41, 5.74) is 1.11. The van der Waals surface area contributed by atoms with E-state index in [9.17, 15) is 9.90 Å². The lowest BCUT2D eigenvalue weighted by molar-refractivity contribution is 0.0817. The molecule has 1 atom stereocenters. The fourth-order valence-electron chi connectivity index (χ4n) is 2.89. The summed E-state index contributed by atoms with van der Waals surface area (Å²) < 4.78 is 5.66. The highest BCUT2D eigenvalue weighted by molar-refractivity contribution is 6.35. The van der Waals surface area contributed by atoms with E-state index in [0.717, 1.165) is 12.8 Å². The van der Waals surface area contributed by atoms with Crippen LogP contribution < -0.4 is 5.32 Å². The quantitative estimate of drug-likeness (QED) is 0.756. The van der Waals surface area contributed by atoms with Crippen LogP contribution in [-0.2, 0) is 11.3 Å². The first kappa shape index (κ1) is 18.8. The van der Waals surface area contributed by atoms with E-state index in [4.69, 9.17) is 27.9 Å². The van der Waals surface area contributed by atoms with Crippen LogP contribution in [-0.4, -0.2) is 35.3 Å². The molecule has 1 unspecified atom stereocenters. The molecule has 0 radical (unpaired) electrons. The minimum atomic E-state index is -0.326. The van der Waals surface area contributed by atoms with E-state index >= 15 is 0 Å². The third-order valence-corrected chi connectivity index (χ3v) is 4.82. The Morgan fingerprint density at radius 3 is 2.81 bits per heavy atom. The number of aromatic hydroxyl groups is 1. The largest absolute Gasteiger partial charge is 0.508 e. The van der Waals surface area contributed by atoms with Crippen molar-refractivity contribution in [3.05, 3.63) is 58.1 Å². The Balaban J connectivity index is 1.78. The third kappa shape index (κ3) is 4.81. The zero-order valence-corrected chi connectivity index (χ0v) is 15.6. The van der Waals surface area contributed by atoms with Gasteiger partial charge in [0.15, 0.2) is 0 Å². The van der Waals surface area contributed by atoms with E-state index in [2.05, 4.69) is 5.32 Å². The maximum Gasteiger partial charge on any atom is 0.322 e. The van der Waals surface area contributed by atoms with Crippen molar-refractivity contribution in [3.63, 3.8) is 0 Å². The van der Waals surface area contributed by atoms with Crippen molar-refractivity contribution < 1.29 is 14.6 Å². The molecule has 2 aromatic rings. The number of urea groups is 1. The Morgan fingerprint density at radius 1 is 1.27 bits per heavy atom. The number of amides is 2. The fourth-order valence-corrected chi connectivity index (χ4v) is 3.23. The van der Waals surface area contributed by atoms with Gasteiger partial charge in [0.25, 0.3) is 0 Å². The number of rotatable bonds is 5.